The second-order valence-corrected chi connectivity index (χ2v) is 3.98. The molecule has 2 aromatic heterocycles. The number of furan rings is 1. The summed E-state index contributed by atoms with van der Waals surface area (Å²) in [4.78, 5) is 4.52. The summed E-state index contributed by atoms with van der Waals surface area (Å²) in [6, 6.07) is 2.23. The van der Waals surface area contributed by atoms with Crippen LogP contribution in [0.1, 0.15) is 18.0 Å². The largest absolute Gasteiger partial charge is 0.472 e. The fourth-order valence-electron chi connectivity index (χ4n) is 1.15. The first-order valence-electron chi connectivity index (χ1n) is 4.46. The molecule has 1 N–H and O–H groups in total. The van der Waals surface area contributed by atoms with Crippen molar-refractivity contribution in [1.82, 2.24) is 10.3 Å². The molecule has 0 aromatic carbocycles. The van der Waals surface area contributed by atoms with Gasteiger partial charge in [0.1, 0.15) is 5.01 Å². The monoisotopic (exact) mass is 208 g/mol. The first-order chi connectivity index (χ1) is 6.81. The summed E-state index contributed by atoms with van der Waals surface area (Å²) < 4.78 is 5.01. The minimum atomic E-state index is 0.306. The van der Waals surface area contributed by atoms with Crippen molar-refractivity contribution in [3.05, 3.63) is 29.0 Å². The van der Waals surface area contributed by atoms with Gasteiger partial charge in [-0.1, -0.05) is 0 Å². The molecule has 2 heterocycles. The van der Waals surface area contributed by atoms with E-state index in [4.69, 9.17) is 4.42 Å². The van der Waals surface area contributed by atoms with Crippen molar-refractivity contribution in [1.29, 1.82) is 0 Å². The number of rotatable bonds is 3. The Morgan fingerprint density at radius 3 is 3.07 bits per heavy atom. The zero-order valence-corrected chi connectivity index (χ0v) is 8.97. The van der Waals surface area contributed by atoms with Gasteiger partial charge in [0.2, 0.25) is 0 Å². The van der Waals surface area contributed by atoms with Crippen LogP contribution in [0, 0.1) is 0 Å². The van der Waals surface area contributed by atoms with Gasteiger partial charge in [0.05, 0.1) is 24.3 Å². The van der Waals surface area contributed by atoms with E-state index in [-0.39, 0.29) is 0 Å². The van der Waals surface area contributed by atoms with Crippen LogP contribution in [0.2, 0.25) is 0 Å². The van der Waals surface area contributed by atoms with Crippen molar-refractivity contribution in [2.24, 2.45) is 0 Å². The molecule has 0 spiro atoms. The molecule has 0 saturated carbocycles. The first kappa shape index (κ1) is 9.43. The van der Waals surface area contributed by atoms with E-state index in [1.807, 2.05) is 18.5 Å². The minimum absolute atomic E-state index is 0.306. The van der Waals surface area contributed by atoms with Crippen LogP contribution in [0.3, 0.4) is 0 Å². The van der Waals surface area contributed by atoms with Gasteiger partial charge in [-0.25, -0.2) is 4.98 Å². The number of nitrogens with zero attached hydrogens (tertiary/aromatic N) is 1. The highest BCUT2D eigenvalue weighted by molar-refractivity contribution is 7.10. The molecule has 4 heteroatoms. The van der Waals surface area contributed by atoms with Crippen LogP contribution >= 0.6 is 11.3 Å². The lowest BCUT2D eigenvalue weighted by Crippen LogP contribution is -2.11. The van der Waals surface area contributed by atoms with E-state index in [9.17, 15) is 0 Å². The van der Waals surface area contributed by atoms with Crippen LogP contribution in [0.25, 0.3) is 11.3 Å². The summed E-state index contributed by atoms with van der Waals surface area (Å²) >= 11 is 1.67. The van der Waals surface area contributed by atoms with Gasteiger partial charge in [-0.2, -0.15) is 0 Å². The highest BCUT2D eigenvalue weighted by Gasteiger charge is 2.09. The predicted octanol–water partition coefficient (Wildman–Crippen LogP) is 2.68. The quantitative estimate of drug-likeness (QED) is 0.842. The Balaban J connectivity index is 2.26. The van der Waals surface area contributed by atoms with Crippen molar-refractivity contribution < 1.29 is 4.42 Å². The summed E-state index contributed by atoms with van der Waals surface area (Å²) in [5.74, 6) is 0. The van der Waals surface area contributed by atoms with Gasteiger partial charge in [-0.05, 0) is 20.0 Å². The number of thiazole rings is 1. The smallest absolute Gasteiger partial charge is 0.110 e. The maximum absolute atomic E-state index is 5.01. The standard InChI is InChI=1S/C10H12N2OS/c1-7(11-2)10-12-9(6-14-10)8-3-4-13-5-8/h3-7,11H,1-2H3. The summed E-state index contributed by atoms with van der Waals surface area (Å²) in [5.41, 5.74) is 2.02. The molecule has 14 heavy (non-hydrogen) atoms. The maximum atomic E-state index is 5.01. The second kappa shape index (κ2) is 3.94. The number of nitrogens with one attached hydrogen (secondary N) is 1. The summed E-state index contributed by atoms with van der Waals surface area (Å²) in [5, 5.41) is 6.31. The molecular weight excluding hydrogens is 196 g/mol. The molecule has 0 radical (unpaired) electrons. The van der Waals surface area contributed by atoms with Crippen LogP contribution in [0.4, 0.5) is 0 Å². The Kier molecular flexibility index (Phi) is 2.65. The molecule has 2 rings (SSSR count). The number of hydrogen-bond donors (Lipinski definition) is 1. The van der Waals surface area contributed by atoms with E-state index in [1.54, 1.807) is 23.9 Å². The molecule has 0 saturated heterocycles. The summed E-state index contributed by atoms with van der Waals surface area (Å²) in [7, 11) is 1.93. The van der Waals surface area contributed by atoms with E-state index in [1.165, 1.54) is 0 Å². The third kappa shape index (κ3) is 1.71. The maximum Gasteiger partial charge on any atom is 0.110 e. The van der Waals surface area contributed by atoms with E-state index in [2.05, 4.69) is 17.2 Å². The number of aromatic nitrogens is 1. The van der Waals surface area contributed by atoms with Gasteiger partial charge in [0.15, 0.2) is 0 Å². The van der Waals surface area contributed by atoms with Gasteiger partial charge in [0.25, 0.3) is 0 Å². The molecule has 0 aliphatic carbocycles. The Morgan fingerprint density at radius 1 is 1.57 bits per heavy atom. The van der Waals surface area contributed by atoms with Gasteiger partial charge < -0.3 is 9.73 Å². The SMILES string of the molecule is CNC(C)c1nc(-c2ccoc2)cs1. The molecule has 1 unspecified atom stereocenters. The van der Waals surface area contributed by atoms with Crippen molar-refractivity contribution in [2.75, 3.05) is 7.05 Å². The topological polar surface area (TPSA) is 38.1 Å². The molecule has 0 aliphatic heterocycles. The van der Waals surface area contributed by atoms with Crippen molar-refractivity contribution in [3.8, 4) is 11.3 Å². The van der Waals surface area contributed by atoms with Crippen LogP contribution in [-0.4, -0.2) is 12.0 Å². The fourth-order valence-corrected chi connectivity index (χ4v) is 2.05. The normalized spacial score (nSPS) is 13.0. The molecule has 3 nitrogen and oxygen atoms in total. The van der Waals surface area contributed by atoms with Crippen LogP contribution in [0.5, 0.6) is 0 Å². The average Bonchev–Trinajstić information content (AvgIpc) is 2.86. The lowest BCUT2D eigenvalue weighted by Gasteiger charge is -2.03. The van der Waals surface area contributed by atoms with Crippen LogP contribution in [-0.2, 0) is 0 Å². The zero-order valence-electron chi connectivity index (χ0n) is 8.15. The van der Waals surface area contributed by atoms with E-state index in [0.29, 0.717) is 6.04 Å². The highest BCUT2D eigenvalue weighted by Crippen LogP contribution is 2.25. The Bertz CT molecular complexity index is 394. The molecule has 0 aliphatic rings. The van der Waals surface area contributed by atoms with Crippen LogP contribution < -0.4 is 5.32 Å². The summed E-state index contributed by atoms with van der Waals surface area (Å²) in [6.45, 7) is 2.10. The summed E-state index contributed by atoms with van der Waals surface area (Å²) in [6.07, 6.45) is 3.37. The van der Waals surface area contributed by atoms with E-state index < -0.39 is 0 Å². The first-order valence-corrected chi connectivity index (χ1v) is 5.34. The lowest BCUT2D eigenvalue weighted by molar-refractivity contribution is 0.568. The molecule has 1 atom stereocenters. The van der Waals surface area contributed by atoms with Gasteiger partial charge in [0, 0.05) is 10.9 Å². The molecule has 0 fully saturated rings. The Hall–Kier alpha value is -1.13. The lowest BCUT2D eigenvalue weighted by atomic mass is 10.3. The molecule has 2 aromatic rings. The van der Waals surface area contributed by atoms with Gasteiger partial charge in [-0.3, -0.25) is 0 Å². The third-order valence-corrected chi connectivity index (χ3v) is 3.17. The zero-order chi connectivity index (χ0) is 9.97. The fraction of sp³-hybridized carbons (Fsp3) is 0.300. The average molecular weight is 208 g/mol. The van der Waals surface area contributed by atoms with Crippen molar-refractivity contribution >= 4 is 11.3 Å². The van der Waals surface area contributed by atoms with E-state index in [0.717, 1.165) is 16.3 Å². The Morgan fingerprint density at radius 2 is 2.43 bits per heavy atom. The van der Waals surface area contributed by atoms with Gasteiger partial charge >= 0.3 is 0 Å². The van der Waals surface area contributed by atoms with Gasteiger partial charge in [-0.15, -0.1) is 11.3 Å². The second-order valence-electron chi connectivity index (χ2n) is 3.09. The Labute approximate surface area is 86.8 Å². The highest BCUT2D eigenvalue weighted by atomic mass is 32.1. The third-order valence-electron chi connectivity index (χ3n) is 2.14. The number of hydrogen-bond acceptors (Lipinski definition) is 4. The molecule has 0 amide bonds. The predicted molar refractivity (Wildman–Crippen MR) is 57.3 cm³/mol. The molecule has 0 bridgehead atoms. The van der Waals surface area contributed by atoms with Crippen LogP contribution in [0.15, 0.2) is 28.4 Å². The van der Waals surface area contributed by atoms with Crippen molar-refractivity contribution in [3.63, 3.8) is 0 Å². The molecular formula is C10H12N2OS. The van der Waals surface area contributed by atoms with E-state index >= 15 is 0 Å². The minimum Gasteiger partial charge on any atom is -0.472 e. The molecule has 74 valence electrons. The van der Waals surface area contributed by atoms with Crippen molar-refractivity contribution in [2.45, 2.75) is 13.0 Å².